The van der Waals surface area contributed by atoms with E-state index in [0.717, 1.165) is 60.0 Å². The standard InChI is InChI=1S/C26H31FN8OS2.C2H6/c27-15-26(6-7-26)32-38-18-12-19(33-8-10-34(11-9-33)23(36)17-2-1-3-17)20-13-31-22(35(20)14-18)21(29)37-24(30)25(16-28)4-5-25;1-2/h12-14,17,29-30,32H,1-11,15H2;1-2H3. The number of pyridine rings is 1. The normalized spacial score (nSPS) is 20.6. The zero-order valence-corrected chi connectivity index (χ0v) is 24.8. The van der Waals surface area contributed by atoms with Gasteiger partial charge in [0.2, 0.25) is 5.91 Å². The van der Waals surface area contributed by atoms with Gasteiger partial charge in [-0.15, -0.1) is 0 Å². The summed E-state index contributed by atoms with van der Waals surface area (Å²) in [6.07, 6.45) is 9.73. The number of amides is 1. The molecule has 0 radical (unpaired) electrons. The summed E-state index contributed by atoms with van der Waals surface area (Å²) in [5, 5.41) is 26.8. The van der Waals surface area contributed by atoms with E-state index in [2.05, 4.69) is 26.7 Å². The molecular weight excluding hydrogens is 547 g/mol. The van der Waals surface area contributed by atoms with Crippen LogP contribution in [0.15, 0.2) is 23.4 Å². The van der Waals surface area contributed by atoms with Crippen LogP contribution in [-0.2, 0) is 4.79 Å². The Morgan fingerprint density at radius 1 is 1.20 bits per heavy atom. The Balaban J connectivity index is 0.00000158. The predicted molar refractivity (Wildman–Crippen MR) is 159 cm³/mol. The Morgan fingerprint density at radius 2 is 1.90 bits per heavy atom. The number of halogens is 1. The molecule has 2 aromatic rings. The molecule has 0 bridgehead atoms. The molecule has 12 heteroatoms. The lowest BCUT2D eigenvalue weighted by molar-refractivity contribution is -0.138. The Hall–Kier alpha value is -2.62. The van der Waals surface area contributed by atoms with Crippen LogP contribution in [0.2, 0.25) is 0 Å². The van der Waals surface area contributed by atoms with Crippen LogP contribution in [-0.4, -0.2) is 68.7 Å². The first-order valence-corrected chi connectivity index (χ1v) is 15.8. The van der Waals surface area contributed by atoms with E-state index in [1.807, 2.05) is 29.3 Å². The van der Waals surface area contributed by atoms with Crippen LogP contribution in [0.25, 0.3) is 5.52 Å². The first-order chi connectivity index (χ1) is 19.4. The molecule has 4 aliphatic rings. The Bertz CT molecular complexity index is 1330. The van der Waals surface area contributed by atoms with Gasteiger partial charge in [0, 0.05) is 43.2 Å². The second-order valence-electron chi connectivity index (χ2n) is 10.9. The van der Waals surface area contributed by atoms with Crippen LogP contribution in [0.3, 0.4) is 0 Å². The molecule has 9 nitrogen and oxygen atoms in total. The highest BCUT2D eigenvalue weighted by Crippen LogP contribution is 2.49. The fourth-order valence-corrected chi connectivity index (χ4v) is 6.77. The molecule has 3 N–H and O–H groups in total. The van der Waals surface area contributed by atoms with Gasteiger partial charge in [-0.1, -0.05) is 32.0 Å². The van der Waals surface area contributed by atoms with Gasteiger partial charge in [0.05, 0.1) is 34.1 Å². The number of nitriles is 1. The maximum absolute atomic E-state index is 13.5. The fraction of sp³-hybridized carbons (Fsp3) is 0.607. The van der Waals surface area contributed by atoms with Crippen molar-refractivity contribution in [3.63, 3.8) is 0 Å². The van der Waals surface area contributed by atoms with Crippen molar-refractivity contribution in [1.82, 2.24) is 19.0 Å². The summed E-state index contributed by atoms with van der Waals surface area (Å²) in [7, 11) is 0. The highest BCUT2D eigenvalue weighted by Gasteiger charge is 2.48. The van der Waals surface area contributed by atoms with Crippen molar-refractivity contribution >= 4 is 50.9 Å². The van der Waals surface area contributed by atoms with Crippen LogP contribution < -0.4 is 9.62 Å². The highest BCUT2D eigenvalue weighted by atomic mass is 32.2. The van der Waals surface area contributed by atoms with E-state index in [-0.39, 0.29) is 21.9 Å². The van der Waals surface area contributed by atoms with Gasteiger partial charge in [-0.25, -0.2) is 9.37 Å². The smallest absolute Gasteiger partial charge is 0.225 e. The maximum Gasteiger partial charge on any atom is 0.225 e. The van der Waals surface area contributed by atoms with Gasteiger partial charge in [0.15, 0.2) is 5.82 Å². The van der Waals surface area contributed by atoms with Gasteiger partial charge >= 0.3 is 0 Å². The molecular formula is C28H37FN8OS2. The molecule has 6 rings (SSSR count). The number of anilines is 1. The van der Waals surface area contributed by atoms with E-state index < -0.39 is 17.6 Å². The monoisotopic (exact) mass is 584 g/mol. The van der Waals surface area contributed by atoms with Crippen molar-refractivity contribution in [2.75, 3.05) is 37.8 Å². The molecule has 3 heterocycles. The molecule has 3 aliphatic carbocycles. The van der Waals surface area contributed by atoms with E-state index in [1.165, 1.54) is 11.9 Å². The second kappa shape index (κ2) is 11.7. The number of imidazole rings is 1. The fourth-order valence-electron chi connectivity index (χ4n) is 4.95. The van der Waals surface area contributed by atoms with Crippen molar-refractivity contribution in [2.24, 2.45) is 11.3 Å². The van der Waals surface area contributed by atoms with Crippen LogP contribution in [0, 0.1) is 33.5 Å². The topological polar surface area (TPSA) is 124 Å². The van der Waals surface area contributed by atoms with E-state index in [1.54, 1.807) is 6.20 Å². The number of carbonyl (C=O) groups excluding carboxylic acids is 1. The third-order valence-corrected chi connectivity index (χ3v) is 10.3. The lowest BCUT2D eigenvalue weighted by Gasteiger charge is -2.39. The largest absolute Gasteiger partial charge is 0.366 e. The van der Waals surface area contributed by atoms with Gasteiger partial charge in [0.25, 0.3) is 0 Å². The average molecular weight is 585 g/mol. The molecule has 0 aromatic carbocycles. The number of nitrogens with zero attached hydrogens (tertiary/aromatic N) is 5. The van der Waals surface area contributed by atoms with Crippen molar-refractivity contribution in [2.45, 2.75) is 69.2 Å². The van der Waals surface area contributed by atoms with Gasteiger partial charge in [-0.3, -0.25) is 24.7 Å². The molecule has 1 amide bonds. The molecule has 0 unspecified atom stereocenters. The minimum absolute atomic E-state index is 0.121. The first kappa shape index (κ1) is 28.9. The number of thioether (sulfide) groups is 1. The number of hydrogen-bond acceptors (Lipinski definition) is 9. The minimum Gasteiger partial charge on any atom is -0.366 e. The molecule has 4 fully saturated rings. The second-order valence-corrected chi connectivity index (χ2v) is 12.8. The average Bonchev–Trinajstić information content (AvgIpc) is 3.88. The highest BCUT2D eigenvalue weighted by molar-refractivity contribution is 8.26. The summed E-state index contributed by atoms with van der Waals surface area (Å²) in [5.41, 5.74) is 0.591. The summed E-state index contributed by atoms with van der Waals surface area (Å²) < 4.78 is 18.7. The molecule has 2 aromatic heterocycles. The number of fused-ring (bicyclic) bond motifs is 1. The molecule has 1 aliphatic heterocycles. The summed E-state index contributed by atoms with van der Waals surface area (Å²) in [5.74, 6) is 0.887. The summed E-state index contributed by atoms with van der Waals surface area (Å²) >= 11 is 2.38. The van der Waals surface area contributed by atoms with Crippen LogP contribution in [0.5, 0.6) is 0 Å². The molecule has 0 atom stereocenters. The van der Waals surface area contributed by atoms with E-state index in [4.69, 9.17) is 10.8 Å². The quantitative estimate of drug-likeness (QED) is 0.220. The minimum atomic E-state index is -0.748. The number of nitrogens with one attached hydrogen (secondary N) is 3. The third kappa shape index (κ3) is 5.60. The number of aromatic nitrogens is 2. The zero-order valence-electron chi connectivity index (χ0n) is 23.1. The number of hydrogen-bond donors (Lipinski definition) is 3. The first-order valence-electron chi connectivity index (χ1n) is 14.2. The Labute approximate surface area is 243 Å². The number of rotatable bonds is 8. The van der Waals surface area contributed by atoms with E-state index in [9.17, 15) is 14.4 Å². The van der Waals surface area contributed by atoms with E-state index >= 15 is 0 Å². The number of alkyl halides is 1. The Kier molecular flexibility index (Phi) is 8.45. The van der Waals surface area contributed by atoms with Crippen molar-refractivity contribution < 1.29 is 9.18 Å². The summed E-state index contributed by atoms with van der Waals surface area (Å²) in [4.78, 5) is 22.4. The zero-order chi connectivity index (χ0) is 28.5. The van der Waals surface area contributed by atoms with Crippen LogP contribution in [0.1, 0.15) is 64.6 Å². The molecule has 0 spiro atoms. The predicted octanol–water partition coefficient (Wildman–Crippen LogP) is 5.25. The third-order valence-electron chi connectivity index (χ3n) is 8.28. The molecule has 3 saturated carbocycles. The van der Waals surface area contributed by atoms with Crippen LogP contribution in [0.4, 0.5) is 10.1 Å². The maximum atomic E-state index is 13.5. The number of carbonyl (C=O) groups is 1. The SMILES string of the molecule is CC.N#CC1(C(=N)SC(=N)c2ncc3c(N4CCN(C(=O)C5CCC5)CC4)cc(SNC4(CF)CC4)cn23)CC1. The summed E-state index contributed by atoms with van der Waals surface area (Å²) in [6, 6.07) is 4.30. The van der Waals surface area contributed by atoms with Crippen molar-refractivity contribution in [3.8, 4) is 6.07 Å². The molecule has 1 saturated heterocycles. The van der Waals surface area contributed by atoms with Crippen molar-refractivity contribution in [1.29, 1.82) is 16.1 Å². The van der Waals surface area contributed by atoms with Gasteiger partial charge in [-0.2, -0.15) is 5.26 Å². The lowest BCUT2D eigenvalue weighted by atomic mass is 9.84. The van der Waals surface area contributed by atoms with Crippen molar-refractivity contribution in [3.05, 3.63) is 24.3 Å². The number of piperazine rings is 1. The van der Waals surface area contributed by atoms with Gasteiger partial charge in [-0.05, 0) is 56.5 Å². The molecule has 214 valence electrons. The lowest BCUT2D eigenvalue weighted by Crippen LogP contribution is -2.51. The van der Waals surface area contributed by atoms with E-state index in [0.29, 0.717) is 44.8 Å². The van der Waals surface area contributed by atoms with Crippen LogP contribution >= 0.6 is 23.7 Å². The summed E-state index contributed by atoms with van der Waals surface area (Å²) in [6.45, 7) is 6.33. The Morgan fingerprint density at radius 3 is 2.45 bits per heavy atom. The van der Waals surface area contributed by atoms with Gasteiger partial charge in [0.1, 0.15) is 17.1 Å². The molecule has 40 heavy (non-hydrogen) atoms. The van der Waals surface area contributed by atoms with Gasteiger partial charge < -0.3 is 9.80 Å².